The molecule has 1 aromatic carbocycles. The van der Waals surface area contributed by atoms with E-state index < -0.39 is 11.7 Å². The van der Waals surface area contributed by atoms with Crippen LogP contribution in [0.15, 0.2) is 42.0 Å². The van der Waals surface area contributed by atoms with Crippen molar-refractivity contribution in [3.63, 3.8) is 0 Å². The van der Waals surface area contributed by atoms with E-state index in [0.717, 1.165) is 18.3 Å². The number of rotatable bonds is 3. The molecule has 0 radical (unpaired) electrons. The third kappa shape index (κ3) is 3.55. The second-order valence-corrected chi connectivity index (χ2v) is 3.66. The smallest absolute Gasteiger partial charge is 0.308 e. The number of benzene rings is 1. The van der Waals surface area contributed by atoms with Gasteiger partial charge in [-0.25, -0.2) is 0 Å². The maximum Gasteiger partial charge on any atom is 0.416 e. The Morgan fingerprint density at radius 1 is 1.26 bits per heavy atom. The fraction of sp³-hybridized carbons (Fsp3) is 0.143. The zero-order valence-electron chi connectivity index (χ0n) is 10.1. The minimum Gasteiger partial charge on any atom is -0.308 e. The predicted molar refractivity (Wildman–Crippen MR) is 67.6 cm³/mol. The van der Waals surface area contributed by atoms with Gasteiger partial charge in [0, 0.05) is 11.8 Å². The van der Waals surface area contributed by atoms with Crippen molar-refractivity contribution in [1.82, 2.24) is 0 Å². The summed E-state index contributed by atoms with van der Waals surface area (Å²) < 4.78 is 37.3. The van der Waals surface area contributed by atoms with Crippen LogP contribution in [0, 0.1) is 16.7 Å². The third-order valence-electron chi connectivity index (χ3n) is 2.41. The SMILES string of the molecule is C/C=C\C(C#N)=C(/C=N)c1ccc(C(F)(F)F)cc1. The van der Waals surface area contributed by atoms with Crippen LogP contribution < -0.4 is 0 Å². The molecule has 0 aromatic heterocycles. The highest BCUT2D eigenvalue weighted by atomic mass is 19.4. The molecule has 0 bridgehead atoms. The molecule has 0 aliphatic heterocycles. The topological polar surface area (TPSA) is 47.6 Å². The maximum absolute atomic E-state index is 12.4. The molecule has 0 aliphatic rings. The molecule has 0 amide bonds. The minimum absolute atomic E-state index is 0.234. The second kappa shape index (κ2) is 6.01. The van der Waals surface area contributed by atoms with Crippen molar-refractivity contribution in [1.29, 1.82) is 10.7 Å². The van der Waals surface area contributed by atoms with E-state index in [2.05, 4.69) is 0 Å². The fourth-order valence-electron chi connectivity index (χ4n) is 1.51. The van der Waals surface area contributed by atoms with Crippen molar-refractivity contribution in [3.05, 3.63) is 53.1 Å². The van der Waals surface area contributed by atoms with Crippen LogP contribution in [0.3, 0.4) is 0 Å². The highest BCUT2D eigenvalue weighted by Crippen LogP contribution is 2.30. The lowest BCUT2D eigenvalue weighted by Gasteiger charge is -2.08. The number of hydrogen-bond donors (Lipinski definition) is 1. The third-order valence-corrected chi connectivity index (χ3v) is 2.41. The first kappa shape index (κ1) is 14.7. The lowest BCUT2D eigenvalue weighted by molar-refractivity contribution is -0.137. The quantitative estimate of drug-likeness (QED) is 0.496. The van der Waals surface area contributed by atoms with Crippen LogP contribution in [0.2, 0.25) is 0 Å². The van der Waals surface area contributed by atoms with Gasteiger partial charge in [-0.3, -0.25) is 0 Å². The van der Waals surface area contributed by atoms with Crippen LogP contribution in [-0.2, 0) is 6.18 Å². The summed E-state index contributed by atoms with van der Waals surface area (Å²) in [4.78, 5) is 0. The number of nitriles is 1. The summed E-state index contributed by atoms with van der Waals surface area (Å²) in [5.41, 5.74) is 0.161. The lowest BCUT2D eigenvalue weighted by Crippen LogP contribution is -2.04. The van der Waals surface area contributed by atoms with Crippen LogP contribution in [0.4, 0.5) is 13.2 Å². The molecule has 0 unspecified atom stereocenters. The van der Waals surface area contributed by atoms with Crippen molar-refractivity contribution < 1.29 is 13.2 Å². The van der Waals surface area contributed by atoms with Gasteiger partial charge < -0.3 is 5.41 Å². The van der Waals surface area contributed by atoms with Gasteiger partial charge in [0.15, 0.2) is 0 Å². The fourth-order valence-corrected chi connectivity index (χ4v) is 1.51. The number of halogens is 3. The van der Waals surface area contributed by atoms with Crippen molar-refractivity contribution in [2.24, 2.45) is 0 Å². The molecule has 2 nitrogen and oxygen atoms in total. The van der Waals surface area contributed by atoms with E-state index in [1.54, 1.807) is 13.0 Å². The van der Waals surface area contributed by atoms with Gasteiger partial charge in [0.25, 0.3) is 0 Å². The summed E-state index contributed by atoms with van der Waals surface area (Å²) in [5, 5.41) is 16.3. The van der Waals surface area contributed by atoms with Gasteiger partial charge >= 0.3 is 6.18 Å². The summed E-state index contributed by atoms with van der Waals surface area (Å²) >= 11 is 0. The van der Waals surface area contributed by atoms with Crippen molar-refractivity contribution in [2.75, 3.05) is 0 Å². The van der Waals surface area contributed by atoms with Crippen LogP contribution in [-0.4, -0.2) is 6.21 Å². The molecule has 0 saturated heterocycles. The molecular formula is C14H11F3N2. The molecule has 0 aliphatic carbocycles. The normalized spacial score (nSPS) is 13.0. The van der Waals surface area contributed by atoms with Gasteiger partial charge in [0.05, 0.1) is 17.2 Å². The van der Waals surface area contributed by atoms with Gasteiger partial charge in [-0.15, -0.1) is 0 Å². The largest absolute Gasteiger partial charge is 0.416 e. The standard InChI is InChI=1S/C14H11F3N2/c1-2-3-11(8-18)13(9-19)10-4-6-12(7-5-10)14(15,16)17/h2-7,9,19H,1H3/b3-2-,13-11-,19-9?. The number of alkyl halides is 3. The summed E-state index contributed by atoms with van der Waals surface area (Å²) in [7, 11) is 0. The van der Waals surface area contributed by atoms with Gasteiger partial charge in [-0.05, 0) is 30.7 Å². The number of hydrogen-bond acceptors (Lipinski definition) is 2. The second-order valence-electron chi connectivity index (χ2n) is 3.66. The number of nitrogens with one attached hydrogen (secondary N) is 1. The molecule has 1 rings (SSSR count). The van der Waals surface area contributed by atoms with Crippen LogP contribution in [0.25, 0.3) is 5.57 Å². The highest BCUT2D eigenvalue weighted by molar-refractivity contribution is 6.11. The molecule has 1 N–H and O–H groups in total. The Balaban J connectivity index is 3.29. The Morgan fingerprint density at radius 2 is 1.84 bits per heavy atom. The Kier molecular flexibility index (Phi) is 4.65. The average Bonchev–Trinajstić information content (AvgIpc) is 2.38. The van der Waals surface area contributed by atoms with E-state index in [1.807, 2.05) is 6.07 Å². The first-order valence-electron chi connectivity index (χ1n) is 5.39. The lowest BCUT2D eigenvalue weighted by atomic mass is 9.99. The van der Waals surface area contributed by atoms with E-state index >= 15 is 0 Å². The predicted octanol–water partition coefficient (Wildman–Crippen LogP) is 4.21. The van der Waals surface area contributed by atoms with Gasteiger partial charge in [0.1, 0.15) is 0 Å². The molecule has 0 atom stereocenters. The van der Waals surface area contributed by atoms with Crippen molar-refractivity contribution in [2.45, 2.75) is 13.1 Å². The van der Waals surface area contributed by atoms with Crippen LogP contribution >= 0.6 is 0 Å². The highest BCUT2D eigenvalue weighted by Gasteiger charge is 2.30. The Hall–Kier alpha value is -2.35. The maximum atomic E-state index is 12.4. The molecule has 0 spiro atoms. The monoisotopic (exact) mass is 264 g/mol. The molecule has 0 fully saturated rings. The van der Waals surface area contributed by atoms with Gasteiger partial charge in [-0.2, -0.15) is 18.4 Å². The summed E-state index contributed by atoms with van der Waals surface area (Å²) in [6.07, 6.45) is -0.292. The molecule has 0 saturated carbocycles. The molecule has 98 valence electrons. The molecule has 5 heteroatoms. The Labute approximate surface area is 109 Å². The zero-order valence-corrected chi connectivity index (χ0v) is 10.1. The molecule has 0 heterocycles. The van der Waals surface area contributed by atoms with E-state index in [4.69, 9.17) is 10.7 Å². The van der Waals surface area contributed by atoms with Gasteiger partial charge in [-0.1, -0.05) is 18.2 Å². The summed E-state index contributed by atoms with van der Waals surface area (Å²) in [6.45, 7) is 1.71. The van der Waals surface area contributed by atoms with Crippen molar-refractivity contribution in [3.8, 4) is 6.07 Å². The first-order valence-corrected chi connectivity index (χ1v) is 5.39. The molecule has 1 aromatic rings. The van der Waals surface area contributed by atoms with Crippen LogP contribution in [0.1, 0.15) is 18.1 Å². The molecular weight excluding hydrogens is 253 g/mol. The van der Waals surface area contributed by atoms with E-state index in [1.165, 1.54) is 18.2 Å². The Morgan fingerprint density at radius 3 is 2.21 bits per heavy atom. The molecule has 19 heavy (non-hydrogen) atoms. The zero-order chi connectivity index (χ0) is 14.5. The Bertz CT molecular complexity index is 558. The summed E-state index contributed by atoms with van der Waals surface area (Å²) in [6, 6.07) is 6.29. The van der Waals surface area contributed by atoms with Crippen LogP contribution in [0.5, 0.6) is 0 Å². The van der Waals surface area contributed by atoms with E-state index in [-0.39, 0.29) is 11.1 Å². The first-order chi connectivity index (χ1) is 8.93. The summed E-state index contributed by atoms with van der Waals surface area (Å²) in [5.74, 6) is 0. The number of allylic oxidation sites excluding steroid dienone is 4. The van der Waals surface area contributed by atoms with Crippen molar-refractivity contribution >= 4 is 11.8 Å². The van der Waals surface area contributed by atoms with E-state index in [9.17, 15) is 13.2 Å². The number of nitrogens with zero attached hydrogens (tertiary/aromatic N) is 1. The minimum atomic E-state index is -4.39. The van der Waals surface area contributed by atoms with Gasteiger partial charge in [0.2, 0.25) is 0 Å². The van der Waals surface area contributed by atoms with E-state index in [0.29, 0.717) is 5.56 Å². The average molecular weight is 264 g/mol.